The van der Waals surface area contributed by atoms with Crippen LogP contribution < -0.4 is 4.74 Å². The molecule has 2 aromatic rings. The number of ether oxygens (including phenoxy) is 1. The van der Waals surface area contributed by atoms with Gasteiger partial charge in [-0.3, -0.25) is 14.8 Å². The summed E-state index contributed by atoms with van der Waals surface area (Å²) in [5.41, 5.74) is -0.371. The number of benzene rings is 1. The fourth-order valence-electron chi connectivity index (χ4n) is 1.75. The maximum Gasteiger partial charge on any atom is 0.363 e. The average Bonchev–Trinajstić information content (AvgIpc) is 2.85. The van der Waals surface area contributed by atoms with Gasteiger partial charge in [-0.25, -0.2) is 4.79 Å². The van der Waals surface area contributed by atoms with Crippen molar-refractivity contribution in [2.45, 2.75) is 6.54 Å². The lowest BCUT2D eigenvalue weighted by molar-refractivity contribution is -0.385. The summed E-state index contributed by atoms with van der Waals surface area (Å²) < 4.78 is 7.07. The minimum absolute atomic E-state index is 0.173. The first-order chi connectivity index (χ1) is 9.92. The van der Waals surface area contributed by atoms with Gasteiger partial charge in [0, 0.05) is 4.47 Å². The van der Waals surface area contributed by atoms with Gasteiger partial charge in [-0.05, 0) is 23.8 Å². The van der Waals surface area contributed by atoms with E-state index in [0.717, 1.165) is 16.2 Å². The van der Waals surface area contributed by atoms with E-state index in [-0.39, 0.29) is 6.54 Å². The van der Waals surface area contributed by atoms with E-state index in [1.54, 1.807) is 18.2 Å². The van der Waals surface area contributed by atoms with Gasteiger partial charge >= 0.3 is 11.7 Å². The van der Waals surface area contributed by atoms with E-state index in [9.17, 15) is 14.9 Å². The number of nitrogens with zero attached hydrogens (tertiary/aromatic N) is 3. The molecule has 0 aliphatic rings. The molecule has 0 aliphatic carbocycles. The number of rotatable bonds is 5. The highest BCUT2D eigenvalue weighted by Crippen LogP contribution is 2.24. The standard InChI is InChI=1S/C12H10BrN3O5/c1-21-8-2-3-9(13)7(4-8)5-15-6-10(16(19)20)11(14-15)12(17)18/h2-4,6H,5H2,1H3,(H,17,18). The molecular weight excluding hydrogens is 346 g/mol. The Morgan fingerprint density at radius 2 is 2.29 bits per heavy atom. The van der Waals surface area contributed by atoms with E-state index < -0.39 is 22.3 Å². The van der Waals surface area contributed by atoms with Gasteiger partial charge in [0.25, 0.3) is 0 Å². The van der Waals surface area contributed by atoms with Gasteiger partial charge in [-0.2, -0.15) is 5.10 Å². The van der Waals surface area contributed by atoms with Gasteiger partial charge < -0.3 is 9.84 Å². The number of nitro groups is 1. The third-order valence-corrected chi connectivity index (χ3v) is 3.50. The molecule has 0 bridgehead atoms. The molecule has 0 spiro atoms. The molecule has 0 atom stereocenters. The summed E-state index contributed by atoms with van der Waals surface area (Å²) in [5, 5.41) is 23.5. The largest absolute Gasteiger partial charge is 0.497 e. The molecular formula is C12H10BrN3O5. The molecule has 2 rings (SSSR count). The third kappa shape index (κ3) is 3.19. The summed E-state index contributed by atoms with van der Waals surface area (Å²) in [7, 11) is 1.52. The van der Waals surface area contributed by atoms with Crippen molar-refractivity contribution in [3.63, 3.8) is 0 Å². The zero-order chi connectivity index (χ0) is 15.6. The Labute approximate surface area is 127 Å². The van der Waals surface area contributed by atoms with Gasteiger partial charge in [0.1, 0.15) is 11.9 Å². The summed E-state index contributed by atoms with van der Waals surface area (Å²) >= 11 is 3.35. The lowest BCUT2D eigenvalue weighted by Crippen LogP contribution is -2.05. The van der Waals surface area contributed by atoms with Crippen LogP contribution in [0.3, 0.4) is 0 Å². The second-order valence-electron chi connectivity index (χ2n) is 4.08. The molecule has 1 aromatic carbocycles. The zero-order valence-corrected chi connectivity index (χ0v) is 12.4. The van der Waals surface area contributed by atoms with Crippen LogP contribution in [0.2, 0.25) is 0 Å². The molecule has 0 saturated heterocycles. The molecule has 8 nitrogen and oxygen atoms in total. The quantitative estimate of drug-likeness (QED) is 0.651. The third-order valence-electron chi connectivity index (χ3n) is 2.73. The van der Waals surface area contributed by atoms with Crippen LogP contribution in [0.25, 0.3) is 0 Å². The van der Waals surface area contributed by atoms with E-state index in [1.807, 2.05) is 0 Å². The van der Waals surface area contributed by atoms with Crippen LogP contribution in [0.4, 0.5) is 5.69 Å². The molecule has 1 N–H and O–H groups in total. The number of hydrogen-bond acceptors (Lipinski definition) is 5. The molecule has 0 saturated carbocycles. The average molecular weight is 356 g/mol. The molecule has 1 heterocycles. The Balaban J connectivity index is 2.38. The Bertz CT molecular complexity index is 681. The van der Waals surface area contributed by atoms with Crippen molar-refractivity contribution >= 4 is 27.6 Å². The van der Waals surface area contributed by atoms with Crippen LogP contribution in [0.15, 0.2) is 28.9 Å². The topological polar surface area (TPSA) is 107 Å². The Morgan fingerprint density at radius 1 is 1.57 bits per heavy atom. The van der Waals surface area contributed by atoms with Gasteiger partial charge in [0.2, 0.25) is 5.69 Å². The zero-order valence-electron chi connectivity index (χ0n) is 10.8. The summed E-state index contributed by atoms with van der Waals surface area (Å²) in [6.45, 7) is 0.173. The first-order valence-corrected chi connectivity index (χ1v) is 6.49. The molecule has 9 heteroatoms. The highest BCUT2D eigenvalue weighted by molar-refractivity contribution is 9.10. The molecule has 1 aromatic heterocycles. The first-order valence-electron chi connectivity index (χ1n) is 5.70. The summed E-state index contributed by atoms with van der Waals surface area (Å²) in [5.74, 6) is -0.821. The van der Waals surface area contributed by atoms with Crippen molar-refractivity contribution < 1.29 is 19.6 Å². The normalized spacial score (nSPS) is 10.4. The second-order valence-corrected chi connectivity index (χ2v) is 4.93. The number of aromatic nitrogens is 2. The molecule has 110 valence electrons. The lowest BCUT2D eigenvalue weighted by Gasteiger charge is -2.07. The van der Waals surface area contributed by atoms with Crippen LogP contribution in [-0.2, 0) is 6.54 Å². The molecule has 0 radical (unpaired) electrons. The van der Waals surface area contributed by atoms with E-state index in [0.29, 0.717) is 5.75 Å². The summed E-state index contributed by atoms with van der Waals surface area (Å²) in [6, 6.07) is 5.25. The van der Waals surface area contributed by atoms with E-state index in [4.69, 9.17) is 9.84 Å². The van der Waals surface area contributed by atoms with E-state index in [1.165, 1.54) is 11.8 Å². The first kappa shape index (κ1) is 15.0. The molecule has 0 unspecified atom stereocenters. The molecule has 0 amide bonds. The Morgan fingerprint density at radius 3 is 2.81 bits per heavy atom. The maximum atomic E-state index is 10.9. The number of carboxylic acid groups (broad SMARTS) is 1. The molecule has 21 heavy (non-hydrogen) atoms. The van der Waals surface area contributed by atoms with Crippen LogP contribution in [0, 0.1) is 10.1 Å². The monoisotopic (exact) mass is 355 g/mol. The number of hydrogen-bond donors (Lipinski definition) is 1. The molecule has 0 fully saturated rings. The fourth-order valence-corrected chi connectivity index (χ4v) is 2.12. The second kappa shape index (κ2) is 5.92. The van der Waals surface area contributed by atoms with Crippen molar-refractivity contribution in [1.29, 1.82) is 0 Å². The van der Waals surface area contributed by atoms with Gasteiger partial charge in [0.05, 0.1) is 18.6 Å². The van der Waals surface area contributed by atoms with E-state index in [2.05, 4.69) is 21.0 Å². The lowest BCUT2D eigenvalue weighted by atomic mass is 10.2. The Hall–Kier alpha value is -2.42. The summed E-state index contributed by atoms with van der Waals surface area (Å²) in [4.78, 5) is 21.0. The van der Waals surface area contributed by atoms with E-state index >= 15 is 0 Å². The minimum atomic E-state index is -1.44. The highest BCUT2D eigenvalue weighted by Gasteiger charge is 2.25. The number of methoxy groups -OCH3 is 1. The number of aromatic carboxylic acids is 1. The van der Waals surface area contributed by atoms with Gasteiger partial charge in [0.15, 0.2) is 0 Å². The van der Waals surface area contributed by atoms with Crippen molar-refractivity contribution in [2.75, 3.05) is 7.11 Å². The van der Waals surface area contributed by atoms with Crippen molar-refractivity contribution in [3.8, 4) is 5.75 Å². The van der Waals surface area contributed by atoms with Crippen molar-refractivity contribution in [2.24, 2.45) is 0 Å². The predicted molar refractivity (Wildman–Crippen MR) is 75.6 cm³/mol. The van der Waals surface area contributed by atoms with Gasteiger partial charge in [-0.1, -0.05) is 15.9 Å². The fraction of sp³-hybridized carbons (Fsp3) is 0.167. The number of halogens is 1. The molecule has 0 aliphatic heterocycles. The number of carboxylic acids is 1. The SMILES string of the molecule is COc1ccc(Br)c(Cn2cc([N+](=O)[O-])c(C(=O)O)n2)c1. The highest BCUT2D eigenvalue weighted by atomic mass is 79.9. The van der Waals surface area contributed by atoms with Crippen LogP contribution in [-0.4, -0.2) is 32.9 Å². The smallest absolute Gasteiger partial charge is 0.363 e. The number of carbonyl (C=O) groups is 1. The summed E-state index contributed by atoms with van der Waals surface area (Å²) in [6.07, 6.45) is 1.09. The van der Waals surface area contributed by atoms with Crippen molar-refractivity contribution in [1.82, 2.24) is 9.78 Å². The van der Waals surface area contributed by atoms with Gasteiger partial charge in [-0.15, -0.1) is 0 Å². The predicted octanol–water partition coefficient (Wildman–Crippen LogP) is 2.31. The Kier molecular flexibility index (Phi) is 4.22. The van der Waals surface area contributed by atoms with Crippen LogP contribution >= 0.6 is 15.9 Å². The maximum absolute atomic E-state index is 10.9. The van der Waals surface area contributed by atoms with Crippen molar-refractivity contribution in [3.05, 3.63) is 50.2 Å². The minimum Gasteiger partial charge on any atom is -0.497 e. The van der Waals surface area contributed by atoms with Crippen LogP contribution in [0.5, 0.6) is 5.75 Å². The van der Waals surface area contributed by atoms with Crippen LogP contribution in [0.1, 0.15) is 16.1 Å².